The van der Waals surface area contributed by atoms with E-state index < -0.39 is 64.0 Å². The van der Waals surface area contributed by atoms with Crippen LogP contribution in [-0.4, -0.2) is 25.9 Å². The van der Waals surface area contributed by atoms with Gasteiger partial charge in [0.25, 0.3) is 9.04 Å². The molecule has 2 aromatic heterocycles. The van der Waals surface area contributed by atoms with Crippen molar-refractivity contribution in [3.05, 3.63) is 169 Å². The van der Waals surface area contributed by atoms with Crippen LogP contribution in [0.15, 0.2) is 143 Å². The van der Waals surface area contributed by atoms with E-state index in [1.54, 1.807) is 56.3 Å². The minimum atomic E-state index is -4.58. The van der Waals surface area contributed by atoms with Crippen LogP contribution in [0.2, 0.25) is 12.6 Å². The molecule has 7 aromatic rings. The van der Waals surface area contributed by atoms with Crippen molar-refractivity contribution in [2.75, 3.05) is 0 Å². The van der Waals surface area contributed by atoms with Gasteiger partial charge in [-0.15, -0.1) is 0 Å². The van der Waals surface area contributed by atoms with E-state index in [2.05, 4.69) is 24.3 Å². The van der Waals surface area contributed by atoms with Crippen LogP contribution in [0, 0.1) is 62.1 Å². The normalized spacial score (nSPS) is 11.7. The zero-order valence-electron chi connectivity index (χ0n) is 32.7. The molecule has 0 aliphatic rings. The van der Waals surface area contributed by atoms with Crippen molar-refractivity contribution in [2.45, 2.75) is 62.4 Å². The maximum absolute atomic E-state index is 14.0. The van der Waals surface area contributed by atoms with Crippen LogP contribution in [0.3, 0.4) is 0 Å². The first-order valence-corrected chi connectivity index (χ1v) is 23.3. The van der Waals surface area contributed by atoms with Gasteiger partial charge in [0.15, 0.2) is 11.5 Å². The fraction of sp³-hybridized carbons (Fsp3) is 0.182. The number of hydrogen-bond donors (Lipinski definition) is 0. The van der Waals surface area contributed by atoms with Gasteiger partial charge in [-0.25, -0.2) is 9.59 Å². The Labute approximate surface area is 376 Å². The Kier molecular flexibility index (Phi) is 13.7. The predicted octanol–water partition coefficient (Wildman–Crippen LogP) is 8.58. The van der Waals surface area contributed by atoms with Crippen molar-refractivity contribution in [3.63, 3.8) is 0 Å². The molecule has 0 aliphatic carbocycles. The maximum atomic E-state index is 14.0. The Hall–Kier alpha value is -4.60. The standard InChI is InChI=1S/C44H39O11S2Si.Pr/c1-28-11-17-31(18-12-28)8-7-25-58(4)55-32-19-24-36-40(26-32)52-44(46)38(42(36)54-57(49,50)34-22-15-30(3)16-23-34)27-37-41(35-9-5-6-10-39(35)51-43(37)45)53-56(47,48)33-20-13-29(2)14-21-33;/h5-6,9-24,26H,7-8,25,27H2,1-4H3;. The second-order valence-corrected chi connectivity index (χ2v) is 19.3. The molecule has 59 heavy (non-hydrogen) atoms. The fourth-order valence-electron chi connectivity index (χ4n) is 6.36. The summed E-state index contributed by atoms with van der Waals surface area (Å²) in [6, 6.07) is 31.9. The minimum absolute atomic E-state index is 0. The Morgan fingerprint density at radius 3 is 1.61 bits per heavy atom. The van der Waals surface area contributed by atoms with Crippen LogP contribution < -0.4 is 24.0 Å². The van der Waals surface area contributed by atoms with Gasteiger partial charge in [0.1, 0.15) is 26.7 Å². The van der Waals surface area contributed by atoms with E-state index >= 15 is 0 Å². The summed E-state index contributed by atoms with van der Waals surface area (Å²) in [5, 5.41) is 0.201. The largest absolute Gasteiger partial charge is 0.542 e. The topological polar surface area (TPSA) is 156 Å². The van der Waals surface area contributed by atoms with Crippen LogP contribution in [-0.2, 0) is 33.1 Å². The predicted molar refractivity (Wildman–Crippen MR) is 222 cm³/mol. The molecule has 0 bridgehead atoms. The molecule has 5 aromatic carbocycles. The van der Waals surface area contributed by atoms with Crippen molar-refractivity contribution in [3.8, 4) is 17.2 Å². The first kappa shape index (κ1) is 44.0. The molecule has 11 nitrogen and oxygen atoms in total. The van der Waals surface area contributed by atoms with E-state index in [4.69, 9.17) is 21.6 Å². The molecule has 0 unspecified atom stereocenters. The Morgan fingerprint density at radius 1 is 0.593 bits per heavy atom. The van der Waals surface area contributed by atoms with Crippen molar-refractivity contribution in [1.82, 2.24) is 0 Å². The zero-order valence-corrected chi connectivity index (χ0v) is 39.0. The molecular weight excluding hydrogens is 938 g/mol. The Balaban J connectivity index is 0.00000585. The molecule has 7 rings (SSSR count). The van der Waals surface area contributed by atoms with Gasteiger partial charge < -0.3 is 21.6 Å². The van der Waals surface area contributed by atoms with Gasteiger partial charge in [-0.3, -0.25) is 0 Å². The summed E-state index contributed by atoms with van der Waals surface area (Å²) in [4.78, 5) is 27.4. The number of para-hydroxylation sites is 1. The number of aryl methyl sites for hydroxylation is 4. The first-order chi connectivity index (χ1) is 27.7. The van der Waals surface area contributed by atoms with Gasteiger partial charge in [-0.1, -0.05) is 77.4 Å². The summed E-state index contributed by atoms with van der Waals surface area (Å²) in [7, 11) is -10.5. The quantitative estimate of drug-likeness (QED) is 0.0585. The van der Waals surface area contributed by atoms with Crippen molar-refractivity contribution in [2.24, 2.45) is 0 Å². The summed E-state index contributed by atoms with van der Waals surface area (Å²) in [6.45, 7) is 7.67. The molecule has 0 atom stereocenters. The molecule has 2 heterocycles. The summed E-state index contributed by atoms with van der Waals surface area (Å²) in [5.74, 6) is -0.406. The summed E-state index contributed by atoms with van der Waals surface area (Å²) < 4.78 is 84.0. The van der Waals surface area contributed by atoms with E-state index in [1.807, 2.05) is 13.5 Å². The summed E-state index contributed by atoms with van der Waals surface area (Å²) >= 11 is 0. The molecule has 300 valence electrons. The molecule has 15 heteroatoms. The monoisotopic (exact) mass is 976 g/mol. The average molecular weight is 977 g/mol. The van der Waals surface area contributed by atoms with Crippen molar-refractivity contribution >= 4 is 51.2 Å². The van der Waals surface area contributed by atoms with Crippen molar-refractivity contribution in [1.29, 1.82) is 0 Å². The Bertz CT molecular complexity index is 2980. The summed E-state index contributed by atoms with van der Waals surface area (Å²) in [6.07, 6.45) is 1.12. The fourth-order valence-corrected chi connectivity index (χ4v) is 9.62. The third-order valence-electron chi connectivity index (χ3n) is 9.54. The van der Waals surface area contributed by atoms with E-state index in [1.165, 1.54) is 59.7 Å². The molecule has 0 amide bonds. The molecular formula is C44H39O11PrS2Si. The number of rotatable bonds is 14. The molecule has 2 radical (unpaired) electrons. The van der Waals surface area contributed by atoms with Gasteiger partial charge in [0.05, 0.1) is 21.9 Å². The number of hydrogen-bond acceptors (Lipinski definition) is 11. The van der Waals surface area contributed by atoms with Gasteiger partial charge >= 0.3 is 31.5 Å². The van der Waals surface area contributed by atoms with E-state index in [0.29, 0.717) is 5.75 Å². The molecule has 0 saturated heterocycles. The van der Waals surface area contributed by atoms with E-state index in [-0.39, 0.29) is 78.6 Å². The Morgan fingerprint density at radius 2 is 1.07 bits per heavy atom. The minimum Gasteiger partial charge on any atom is -0.542 e. The average Bonchev–Trinajstić information content (AvgIpc) is 3.18. The van der Waals surface area contributed by atoms with Crippen LogP contribution in [0.4, 0.5) is 0 Å². The number of benzene rings is 5. The third-order valence-corrected chi connectivity index (χ3v) is 13.7. The smallest absolute Gasteiger partial charge is 0.343 e. The SMILES string of the molecule is Cc1ccc(CCC[Si](C)Oc2ccc3c(OS(=O)(=O)c4ccc(C)cc4)c(Cc4c(OS(=O)(=O)c5ccc(C)cc5)c5ccccc5oc4=O)c(=O)oc3c2)cc1.[Pr]. The second-order valence-electron chi connectivity index (χ2n) is 14.1. The van der Waals surface area contributed by atoms with Crippen LogP contribution in [0.5, 0.6) is 17.2 Å². The third kappa shape index (κ3) is 10.2. The van der Waals surface area contributed by atoms with Gasteiger partial charge in [0.2, 0.25) is 0 Å². The molecule has 0 saturated carbocycles. The van der Waals surface area contributed by atoms with Crippen LogP contribution >= 0.6 is 0 Å². The molecule has 0 aliphatic heterocycles. The van der Waals surface area contributed by atoms with Crippen LogP contribution in [0.25, 0.3) is 21.9 Å². The van der Waals surface area contributed by atoms with Gasteiger partial charge in [-0.2, -0.15) is 16.8 Å². The maximum Gasteiger partial charge on any atom is 0.343 e. The van der Waals surface area contributed by atoms with Gasteiger partial charge in [0, 0.05) is 53.8 Å². The van der Waals surface area contributed by atoms with Crippen LogP contribution in [0.1, 0.15) is 39.8 Å². The van der Waals surface area contributed by atoms with Crippen molar-refractivity contribution < 1.29 is 79.8 Å². The number of fused-ring (bicyclic) bond motifs is 2. The summed E-state index contributed by atoms with van der Waals surface area (Å²) in [5.41, 5.74) is 1.20. The first-order valence-electron chi connectivity index (χ1n) is 18.4. The molecule has 0 spiro atoms. The van der Waals surface area contributed by atoms with E-state index in [9.17, 15) is 26.4 Å². The zero-order chi connectivity index (χ0) is 41.2. The molecule has 0 fully saturated rings. The second kappa shape index (κ2) is 18.3. The van der Waals surface area contributed by atoms with Gasteiger partial charge in [-0.05, 0) is 100 Å². The van der Waals surface area contributed by atoms with E-state index in [0.717, 1.165) is 30.0 Å². The molecule has 0 N–H and O–H groups in total.